The first-order chi connectivity index (χ1) is 10.2. The Balaban J connectivity index is 1.92. The summed E-state index contributed by atoms with van der Waals surface area (Å²) >= 11 is 1.32. The van der Waals surface area contributed by atoms with E-state index in [1.54, 1.807) is 11.0 Å². The molecule has 1 unspecified atom stereocenters. The third-order valence-electron chi connectivity index (χ3n) is 3.41. The Labute approximate surface area is 124 Å². The van der Waals surface area contributed by atoms with Gasteiger partial charge in [-0.15, -0.1) is 16.4 Å². The summed E-state index contributed by atoms with van der Waals surface area (Å²) in [5.74, 6) is -0.255. The van der Waals surface area contributed by atoms with Gasteiger partial charge in [0.05, 0.1) is 5.69 Å². The SMILES string of the molecule is CCC1C(=O)NCCN1C(=O)c1sccc1-n1cnnn1. The fourth-order valence-corrected chi connectivity index (χ4v) is 3.24. The molecule has 1 saturated heterocycles. The maximum Gasteiger partial charge on any atom is 0.266 e. The molecule has 0 radical (unpaired) electrons. The second-order valence-electron chi connectivity index (χ2n) is 4.60. The molecule has 0 saturated carbocycles. The average Bonchev–Trinajstić information content (AvgIpc) is 3.16. The summed E-state index contributed by atoms with van der Waals surface area (Å²) in [4.78, 5) is 26.8. The van der Waals surface area contributed by atoms with Crippen LogP contribution in [0.2, 0.25) is 0 Å². The molecule has 0 aliphatic carbocycles. The van der Waals surface area contributed by atoms with Crippen molar-refractivity contribution in [2.75, 3.05) is 13.1 Å². The smallest absolute Gasteiger partial charge is 0.266 e. The standard InChI is InChI=1S/C12H14N6O2S/c1-2-8-11(19)13-4-5-17(8)12(20)10-9(3-6-21-10)18-7-14-15-16-18/h3,6-8H,2,4-5H2,1H3,(H,13,19). The molecule has 0 aromatic carbocycles. The molecule has 2 aromatic heterocycles. The number of piperazine rings is 1. The van der Waals surface area contributed by atoms with E-state index in [1.165, 1.54) is 22.3 Å². The summed E-state index contributed by atoms with van der Waals surface area (Å²) in [5, 5.41) is 15.6. The van der Waals surface area contributed by atoms with Crippen LogP contribution in [0, 0.1) is 0 Å². The Morgan fingerprint density at radius 1 is 1.57 bits per heavy atom. The molecule has 2 aromatic rings. The van der Waals surface area contributed by atoms with E-state index in [0.29, 0.717) is 30.1 Å². The van der Waals surface area contributed by atoms with Crippen molar-refractivity contribution in [3.63, 3.8) is 0 Å². The summed E-state index contributed by atoms with van der Waals surface area (Å²) < 4.78 is 1.45. The zero-order valence-corrected chi connectivity index (χ0v) is 12.2. The fourth-order valence-electron chi connectivity index (χ4n) is 2.41. The van der Waals surface area contributed by atoms with Gasteiger partial charge in [-0.1, -0.05) is 6.92 Å². The van der Waals surface area contributed by atoms with Crippen molar-refractivity contribution in [3.8, 4) is 5.69 Å². The van der Waals surface area contributed by atoms with Gasteiger partial charge in [0.2, 0.25) is 5.91 Å². The van der Waals surface area contributed by atoms with Crippen molar-refractivity contribution in [1.82, 2.24) is 30.4 Å². The third kappa shape index (κ3) is 2.40. The van der Waals surface area contributed by atoms with Gasteiger partial charge in [-0.2, -0.15) is 4.68 Å². The van der Waals surface area contributed by atoms with E-state index < -0.39 is 6.04 Å². The maximum atomic E-state index is 12.8. The fraction of sp³-hybridized carbons (Fsp3) is 0.417. The molecule has 8 nitrogen and oxygen atoms in total. The largest absolute Gasteiger partial charge is 0.353 e. The molecule has 2 amide bonds. The highest BCUT2D eigenvalue weighted by Crippen LogP contribution is 2.24. The number of hydrogen-bond donors (Lipinski definition) is 1. The van der Waals surface area contributed by atoms with Crippen LogP contribution >= 0.6 is 11.3 Å². The van der Waals surface area contributed by atoms with Crippen LogP contribution < -0.4 is 5.32 Å². The quantitative estimate of drug-likeness (QED) is 0.866. The zero-order chi connectivity index (χ0) is 14.8. The number of rotatable bonds is 3. The average molecular weight is 306 g/mol. The van der Waals surface area contributed by atoms with E-state index >= 15 is 0 Å². The summed E-state index contributed by atoms with van der Waals surface area (Å²) in [7, 11) is 0. The molecule has 3 heterocycles. The number of hydrogen-bond acceptors (Lipinski definition) is 6. The minimum Gasteiger partial charge on any atom is -0.353 e. The Morgan fingerprint density at radius 2 is 2.43 bits per heavy atom. The van der Waals surface area contributed by atoms with Crippen molar-refractivity contribution < 1.29 is 9.59 Å². The number of tetrazole rings is 1. The molecule has 1 aliphatic heterocycles. The van der Waals surface area contributed by atoms with Gasteiger partial charge in [-0.05, 0) is 28.3 Å². The monoisotopic (exact) mass is 306 g/mol. The van der Waals surface area contributed by atoms with Gasteiger partial charge in [0.1, 0.15) is 17.2 Å². The van der Waals surface area contributed by atoms with Gasteiger partial charge in [0.15, 0.2) is 0 Å². The highest BCUT2D eigenvalue weighted by atomic mass is 32.1. The topological polar surface area (TPSA) is 93.0 Å². The summed E-state index contributed by atoms with van der Waals surface area (Å²) in [6, 6.07) is 1.37. The Morgan fingerprint density at radius 3 is 3.14 bits per heavy atom. The minimum absolute atomic E-state index is 0.0994. The van der Waals surface area contributed by atoms with E-state index in [1.807, 2.05) is 12.3 Å². The first kappa shape index (κ1) is 13.7. The number of thiophene rings is 1. The van der Waals surface area contributed by atoms with Gasteiger partial charge in [0, 0.05) is 13.1 Å². The van der Waals surface area contributed by atoms with Crippen LogP contribution in [0.15, 0.2) is 17.8 Å². The summed E-state index contributed by atoms with van der Waals surface area (Å²) in [6.45, 7) is 2.88. The lowest BCUT2D eigenvalue weighted by molar-refractivity contribution is -0.127. The van der Waals surface area contributed by atoms with Gasteiger partial charge in [0.25, 0.3) is 5.91 Å². The molecule has 9 heteroatoms. The zero-order valence-electron chi connectivity index (χ0n) is 11.4. The van der Waals surface area contributed by atoms with E-state index in [-0.39, 0.29) is 11.8 Å². The first-order valence-electron chi connectivity index (χ1n) is 6.62. The minimum atomic E-state index is -0.421. The van der Waals surface area contributed by atoms with Crippen LogP contribution in [0.5, 0.6) is 0 Å². The Bertz CT molecular complexity index is 653. The van der Waals surface area contributed by atoms with Gasteiger partial charge < -0.3 is 10.2 Å². The van der Waals surface area contributed by atoms with Crippen molar-refractivity contribution in [1.29, 1.82) is 0 Å². The lowest BCUT2D eigenvalue weighted by Gasteiger charge is -2.34. The molecule has 1 aliphatic rings. The lowest BCUT2D eigenvalue weighted by atomic mass is 10.1. The van der Waals surface area contributed by atoms with Crippen molar-refractivity contribution >= 4 is 23.2 Å². The van der Waals surface area contributed by atoms with E-state index in [9.17, 15) is 9.59 Å². The van der Waals surface area contributed by atoms with Gasteiger partial charge in [-0.25, -0.2) is 0 Å². The molecular weight excluding hydrogens is 292 g/mol. The van der Waals surface area contributed by atoms with Crippen molar-refractivity contribution in [3.05, 3.63) is 22.7 Å². The van der Waals surface area contributed by atoms with E-state index in [4.69, 9.17) is 0 Å². The lowest BCUT2D eigenvalue weighted by Crippen LogP contribution is -2.56. The second kappa shape index (κ2) is 5.60. The number of aromatic nitrogens is 4. The van der Waals surface area contributed by atoms with Crippen LogP contribution in [-0.4, -0.2) is 56.1 Å². The predicted molar refractivity (Wildman–Crippen MR) is 75.2 cm³/mol. The maximum absolute atomic E-state index is 12.8. The normalized spacial score (nSPS) is 18.6. The first-order valence-corrected chi connectivity index (χ1v) is 7.50. The molecule has 3 rings (SSSR count). The number of amides is 2. The molecule has 1 N–H and O–H groups in total. The molecule has 1 atom stereocenters. The molecule has 21 heavy (non-hydrogen) atoms. The highest BCUT2D eigenvalue weighted by Gasteiger charge is 2.33. The molecular formula is C12H14N6O2S. The summed E-state index contributed by atoms with van der Waals surface area (Å²) in [6.07, 6.45) is 2.03. The Hall–Kier alpha value is -2.29. The van der Waals surface area contributed by atoms with Crippen molar-refractivity contribution in [2.24, 2.45) is 0 Å². The van der Waals surface area contributed by atoms with Crippen LogP contribution in [0.3, 0.4) is 0 Å². The van der Waals surface area contributed by atoms with Crippen LogP contribution in [0.4, 0.5) is 0 Å². The van der Waals surface area contributed by atoms with E-state index in [0.717, 1.165) is 0 Å². The predicted octanol–water partition coefficient (Wildman–Crippen LogP) is 0.0744. The number of nitrogens with one attached hydrogen (secondary N) is 1. The molecule has 0 bridgehead atoms. The van der Waals surface area contributed by atoms with Gasteiger partial charge in [-0.3, -0.25) is 9.59 Å². The Kier molecular flexibility index (Phi) is 3.65. The number of carbonyl (C=O) groups excluding carboxylic acids is 2. The molecule has 0 spiro atoms. The molecule has 110 valence electrons. The number of carbonyl (C=O) groups is 2. The van der Waals surface area contributed by atoms with E-state index in [2.05, 4.69) is 20.8 Å². The highest BCUT2D eigenvalue weighted by molar-refractivity contribution is 7.12. The summed E-state index contributed by atoms with van der Waals surface area (Å²) in [5.41, 5.74) is 0.635. The second-order valence-corrected chi connectivity index (χ2v) is 5.52. The van der Waals surface area contributed by atoms with Crippen molar-refractivity contribution in [2.45, 2.75) is 19.4 Å². The number of nitrogens with zero attached hydrogens (tertiary/aromatic N) is 5. The molecule has 1 fully saturated rings. The van der Waals surface area contributed by atoms with Crippen LogP contribution in [-0.2, 0) is 4.79 Å². The van der Waals surface area contributed by atoms with Gasteiger partial charge >= 0.3 is 0 Å². The van der Waals surface area contributed by atoms with Crippen LogP contribution in [0.25, 0.3) is 5.69 Å². The third-order valence-corrected chi connectivity index (χ3v) is 4.30. The van der Waals surface area contributed by atoms with Crippen LogP contribution in [0.1, 0.15) is 23.0 Å².